The third-order valence-electron chi connectivity index (χ3n) is 10.3. The Labute approximate surface area is 298 Å². The van der Waals surface area contributed by atoms with Crippen LogP contribution in [0, 0.1) is 0 Å². The third-order valence-corrected chi connectivity index (χ3v) is 10.3. The molecular weight excluding hydrogens is 639 g/mol. The lowest BCUT2D eigenvalue weighted by Gasteiger charge is -2.26. The molecule has 3 heterocycles. The number of benzene rings is 8. The van der Waals surface area contributed by atoms with Crippen molar-refractivity contribution in [2.75, 3.05) is 4.90 Å². The molecule has 8 aromatic carbocycles. The molecule has 0 bridgehead atoms. The van der Waals surface area contributed by atoms with Gasteiger partial charge in [0.25, 0.3) is 0 Å². The second kappa shape index (κ2) is 11.2. The van der Waals surface area contributed by atoms with Crippen LogP contribution in [-0.2, 0) is 0 Å². The summed E-state index contributed by atoms with van der Waals surface area (Å²) >= 11 is 0. The maximum Gasteiger partial charge on any atom is 0.147 e. The van der Waals surface area contributed by atoms with Gasteiger partial charge in [-0.25, -0.2) is 0 Å². The fourth-order valence-electron chi connectivity index (χ4n) is 7.92. The average molecular weight is 668 g/mol. The first-order chi connectivity index (χ1) is 25.8. The molecule has 0 aliphatic rings. The molecule has 0 spiro atoms. The van der Waals surface area contributed by atoms with E-state index in [4.69, 9.17) is 13.3 Å². The van der Waals surface area contributed by atoms with Crippen LogP contribution < -0.4 is 4.90 Å². The highest BCUT2D eigenvalue weighted by molar-refractivity contribution is 6.25. The lowest BCUT2D eigenvalue weighted by atomic mass is 9.98. The molecule has 3 aromatic heterocycles. The van der Waals surface area contributed by atoms with Crippen LogP contribution in [0.2, 0.25) is 0 Å². The van der Waals surface area contributed by atoms with Gasteiger partial charge in [0.15, 0.2) is 0 Å². The van der Waals surface area contributed by atoms with Gasteiger partial charge in [-0.05, 0) is 89.0 Å². The second-order valence-electron chi connectivity index (χ2n) is 13.2. The lowest BCUT2D eigenvalue weighted by Crippen LogP contribution is -2.10. The van der Waals surface area contributed by atoms with E-state index in [1.165, 1.54) is 5.56 Å². The first kappa shape index (κ1) is 28.8. The molecule has 0 N–H and O–H groups in total. The Morgan fingerprint density at radius 1 is 0.308 bits per heavy atom. The molecule has 0 radical (unpaired) electrons. The van der Waals surface area contributed by atoms with Crippen LogP contribution in [0.15, 0.2) is 189 Å². The number of anilines is 3. The van der Waals surface area contributed by atoms with Crippen molar-refractivity contribution < 1.29 is 13.3 Å². The zero-order valence-electron chi connectivity index (χ0n) is 27.9. The fraction of sp³-hybridized carbons (Fsp3) is 0. The van der Waals surface area contributed by atoms with E-state index in [9.17, 15) is 0 Å². The molecule has 0 aliphatic heterocycles. The molecule has 0 fully saturated rings. The van der Waals surface area contributed by atoms with Gasteiger partial charge in [0.1, 0.15) is 33.5 Å². The van der Waals surface area contributed by atoms with Crippen LogP contribution in [-0.4, -0.2) is 0 Å². The Hall–Kier alpha value is -7.04. The van der Waals surface area contributed by atoms with E-state index in [0.717, 1.165) is 99.6 Å². The van der Waals surface area contributed by atoms with Crippen molar-refractivity contribution in [1.82, 2.24) is 0 Å². The Morgan fingerprint density at radius 2 is 0.865 bits per heavy atom. The van der Waals surface area contributed by atoms with Crippen LogP contribution in [0.1, 0.15) is 0 Å². The summed E-state index contributed by atoms with van der Waals surface area (Å²) in [5.41, 5.74) is 12.8. The molecular formula is C48H29NO3. The summed E-state index contributed by atoms with van der Waals surface area (Å²) in [6.45, 7) is 0. The second-order valence-corrected chi connectivity index (χ2v) is 13.2. The van der Waals surface area contributed by atoms with Gasteiger partial charge in [0.05, 0.1) is 16.5 Å². The Morgan fingerprint density at radius 3 is 1.63 bits per heavy atom. The molecule has 52 heavy (non-hydrogen) atoms. The predicted octanol–water partition coefficient (Wildman–Crippen LogP) is 14.2. The number of fused-ring (bicyclic) bond motifs is 10. The van der Waals surface area contributed by atoms with Crippen LogP contribution in [0.3, 0.4) is 0 Å². The van der Waals surface area contributed by atoms with Crippen molar-refractivity contribution in [1.29, 1.82) is 0 Å². The molecule has 11 rings (SSSR count). The summed E-state index contributed by atoms with van der Waals surface area (Å²) in [6, 6.07) is 61.3. The van der Waals surface area contributed by atoms with Gasteiger partial charge in [0, 0.05) is 32.9 Å². The van der Waals surface area contributed by atoms with Crippen LogP contribution in [0.4, 0.5) is 17.1 Å². The van der Waals surface area contributed by atoms with E-state index in [1.807, 2.05) is 42.5 Å². The Kier molecular flexibility index (Phi) is 6.22. The highest BCUT2D eigenvalue weighted by Gasteiger charge is 2.23. The normalized spacial score (nSPS) is 11.8. The largest absolute Gasteiger partial charge is 0.456 e. The zero-order valence-corrected chi connectivity index (χ0v) is 27.9. The average Bonchev–Trinajstić information content (AvgIpc) is 3.90. The maximum atomic E-state index is 6.58. The molecule has 11 aromatic rings. The highest BCUT2D eigenvalue weighted by atomic mass is 16.3. The van der Waals surface area contributed by atoms with Gasteiger partial charge in [-0.1, -0.05) is 109 Å². The van der Waals surface area contributed by atoms with Gasteiger partial charge in [0.2, 0.25) is 0 Å². The molecule has 0 aliphatic carbocycles. The number of nitrogens with zero attached hydrogens (tertiary/aromatic N) is 1. The topological polar surface area (TPSA) is 42.7 Å². The van der Waals surface area contributed by atoms with E-state index in [2.05, 4.69) is 138 Å². The summed E-state index contributed by atoms with van der Waals surface area (Å²) in [4.78, 5) is 2.32. The van der Waals surface area contributed by atoms with E-state index in [0.29, 0.717) is 0 Å². The smallest absolute Gasteiger partial charge is 0.147 e. The van der Waals surface area contributed by atoms with E-state index in [1.54, 1.807) is 0 Å². The number of furan rings is 3. The Balaban J connectivity index is 1.13. The molecule has 0 unspecified atom stereocenters. The monoisotopic (exact) mass is 667 g/mol. The molecule has 0 amide bonds. The van der Waals surface area contributed by atoms with Gasteiger partial charge in [-0.3, -0.25) is 0 Å². The minimum absolute atomic E-state index is 0.796. The van der Waals surface area contributed by atoms with Crippen molar-refractivity contribution in [3.05, 3.63) is 176 Å². The Bertz CT molecular complexity index is 3110. The minimum Gasteiger partial charge on any atom is -0.456 e. The van der Waals surface area contributed by atoms with Crippen LogP contribution in [0.5, 0.6) is 0 Å². The first-order valence-electron chi connectivity index (χ1n) is 17.5. The lowest BCUT2D eigenvalue weighted by molar-refractivity contribution is 0.663. The quantitative estimate of drug-likeness (QED) is 0.183. The minimum atomic E-state index is 0.796. The maximum absolute atomic E-state index is 6.58. The van der Waals surface area contributed by atoms with Gasteiger partial charge in [-0.2, -0.15) is 0 Å². The molecule has 0 saturated heterocycles. The van der Waals surface area contributed by atoms with Crippen molar-refractivity contribution in [2.45, 2.75) is 0 Å². The summed E-state index contributed by atoms with van der Waals surface area (Å²) in [6.07, 6.45) is 0. The number of para-hydroxylation sites is 2. The summed E-state index contributed by atoms with van der Waals surface area (Å²) < 4.78 is 19.4. The van der Waals surface area contributed by atoms with Crippen molar-refractivity contribution in [2.24, 2.45) is 0 Å². The molecule has 0 atom stereocenters. The zero-order chi connectivity index (χ0) is 34.2. The highest BCUT2D eigenvalue weighted by Crippen LogP contribution is 2.47. The molecule has 4 nitrogen and oxygen atoms in total. The molecule has 244 valence electrons. The molecule has 0 saturated carbocycles. The third kappa shape index (κ3) is 4.34. The van der Waals surface area contributed by atoms with E-state index < -0.39 is 0 Å². The predicted molar refractivity (Wildman–Crippen MR) is 214 cm³/mol. The fourth-order valence-corrected chi connectivity index (χ4v) is 7.92. The number of hydrogen-bond acceptors (Lipinski definition) is 4. The van der Waals surface area contributed by atoms with Gasteiger partial charge >= 0.3 is 0 Å². The van der Waals surface area contributed by atoms with E-state index >= 15 is 0 Å². The van der Waals surface area contributed by atoms with Gasteiger partial charge in [-0.15, -0.1) is 0 Å². The summed E-state index contributed by atoms with van der Waals surface area (Å²) in [7, 11) is 0. The van der Waals surface area contributed by atoms with Crippen LogP contribution >= 0.6 is 0 Å². The molecule has 4 heteroatoms. The first-order valence-corrected chi connectivity index (χ1v) is 17.5. The standard InChI is InChI=1S/C48H29NO3/c1-2-10-30(11-3-1)31-20-24-33(25-21-31)49(34-26-22-32(23-27-34)35-14-8-18-42-45(35)38-13-5-7-17-41(38)50-42)39-15-9-19-43-46(39)47-44(51-43)29-28-37-36-12-4-6-16-40(36)52-48(37)47/h1-29H. The summed E-state index contributed by atoms with van der Waals surface area (Å²) in [5.74, 6) is 0. The van der Waals surface area contributed by atoms with Gasteiger partial charge < -0.3 is 18.2 Å². The van der Waals surface area contributed by atoms with Crippen molar-refractivity contribution in [3.63, 3.8) is 0 Å². The number of rotatable bonds is 5. The van der Waals surface area contributed by atoms with Crippen molar-refractivity contribution >= 4 is 82.9 Å². The van der Waals surface area contributed by atoms with Crippen LogP contribution in [0.25, 0.3) is 88.1 Å². The number of hydrogen-bond donors (Lipinski definition) is 0. The summed E-state index contributed by atoms with van der Waals surface area (Å²) in [5, 5.41) is 6.39. The van der Waals surface area contributed by atoms with Crippen molar-refractivity contribution in [3.8, 4) is 22.3 Å². The van der Waals surface area contributed by atoms with E-state index in [-0.39, 0.29) is 0 Å². The SMILES string of the molecule is c1ccc(-c2ccc(N(c3ccc(-c4cccc5oc6ccccc6c45)cc3)c3cccc4oc5ccc6c7ccccc7oc6c5c34)cc2)cc1.